The molecule has 180 valence electrons. The molecule has 4 heterocycles. The predicted molar refractivity (Wildman–Crippen MR) is 139 cm³/mol. The van der Waals surface area contributed by atoms with Crippen LogP contribution in [0.15, 0.2) is 85.5 Å². The van der Waals surface area contributed by atoms with Crippen molar-refractivity contribution in [2.24, 2.45) is 0 Å². The highest BCUT2D eigenvalue weighted by molar-refractivity contribution is 5.91. The van der Waals surface area contributed by atoms with Gasteiger partial charge in [-0.15, -0.1) is 5.10 Å². The van der Waals surface area contributed by atoms with Crippen molar-refractivity contribution >= 4 is 16.4 Å². The summed E-state index contributed by atoms with van der Waals surface area (Å²) in [5.41, 5.74) is 4.37. The van der Waals surface area contributed by atoms with Gasteiger partial charge in [0.15, 0.2) is 23.0 Å². The SMILES string of the molecule is COc1ccc([C@H]2c3c(ccc4ccccc34)Oc3ncn4nc(-c5cccnc5)nc4c32)cc1OC. The minimum atomic E-state index is -0.244. The molecule has 0 saturated carbocycles. The maximum Gasteiger partial charge on any atom is 0.228 e. The number of ether oxygens (including phenoxy) is 3. The lowest BCUT2D eigenvalue weighted by Crippen LogP contribution is -2.15. The van der Waals surface area contributed by atoms with Gasteiger partial charge >= 0.3 is 0 Å². The van der Waals surface area contributed by atoms with Gasteiger partial charge in [-0.25, -0.2) is 14.5 Å². The fourth-order valence-corrected chi connectivity index (χ4v) is 5.09. The fourth-order valence-electron chi connectivity index (χ4n) is 5.09. The van der Waals surface area contributed by atoms with E-state index < -0.39 is 0 Å². The summed E-state index contributed by atoms with van der Waals surface area (Å²) in [7, 11) is 3.27. The van der Waals surface area contributed by atoms with Crippen LogP contribution in [0.2, 0.25) is 0 Å². The van der Waals surface area contributed by atoms with E-state index in [4.69, 9.17) is 24.3 Å². The van der Waals surface area contributed by atoms with E-state index in [0.717, 1.165) is 38.8 Å². The van der Waals surface area contributed by atoms with E-state index in [9.17, 15) is 0 Å². The van der Waals surface area contributed by atoms with Gasteiger partial charge in [0.2, 0.25) is 5.88 Å². The molecule has 0 unspecified atom stereocenters. The van der Waals surface area contributed by atoms with E-state index in [1.165, 1.54) is 0 Å². The molecule has 3 aromatic carbocycles. The zero-order chi connectivity index (χ0) is 24.9. The summed E-state index contributed by atoms with van der Waals surface area (Å²) in [4.78, 5) is 13.8. The van der Waals surface area contributed by atoms with Crippen LogP contribution in [0.3, 0.4) is 0 Å². The van der Waals surface area contributed by atoms with Crippen LogP contribution in [0.4, 0.5) is 0 Å². The highest BCUT2D eigenvalue weighted by Crippen LogP contribution is 2.51. The zero-order valence-electron chi connectivity index (χ0n) is 20.1. The average molecular weight is 488 g/mol. The van der Waals surface area contributed by atoms with Crippen LogP contribution in [-0.2, 0) is 0 Å². The minimum absolute atomic E-state index is 0.244. The number of pyridine rings is 1. The third kappa shape index (κ3) is 3.30. The smallest absolute Gasteiger partial charge is 0.228 e. The number of hydrogen-bond acceptors (Lipinski definition) is 7. The maximum absolute atomic E-state index is 6.40. The van der Waals surface area contributed by atoms with E-state index in [2.05, 4.69) is 34.2 Å². The van der Waals surface area contributed by atoms with Crippen molar-refractivity contribution < 1.29 is 14.2 Å². The number of methoxy groups -OCH3 is 2. The maximum atomic E-state index is 6.40. The summed E-state index contributed by atoms with van der Waals surface area (Å²) >= 11 is 0. The minimum Gasteiger partial charge on any atom is -0.493 e. The second-order valence-corrected chi connectivity index (χ2v) is 8.76. The summed E-state index contributed by atoms with van der Waals surface area (Å²) in [6.07, 6.45) is 5.12. The molecule has 0 radical (unpaired) electrons. The number of aromatic nitrogens is 5. The van der Waals surface area contributed by atoms with Gasteiger partial charge in [0, 0.05) is 29.4 Å². The van der Waals surface area contributed by atoms with Crippen LogP contribution >= 0.6 is 0 Å². The largest absolute Gasteiger partial charge is 0.493 e. The van der Waals surface area contributed by atoms with Crippen LogP contribution in [0.25, 0.3) is 27.8 Å². The molecule has 1 aliphatic heterocycles. The van der Waals surface area contributed by atoms with Crippen molar-refractivity contribution in [1.82, 2.24) is 24.6 Å². The highest BCUT2D eigenvalue weighted by Gasteiger charge is 2.35. The van der Waals surface area contributed by atoms with Crippen LogP contribution in [0.5, 0.6) is 23.1 Å². The molecule has 0 aliphatic carbocycles. The first-order valence-electron chi connectivity index (χ1n) is 11.8. The van der Waals surface area contributed by atoms with E-state index in [1.807, 2.05) is 42.5 Å². The second kappa shape index (κ2) is 8.30. The van der Waals surface area contributed by atoms with Crippen LogP contribution in [-0.4, -0.2) is 38.8 Å². The van der Waals surface area contributed by atoms with Crippen molar-refractivity contribution in [3.8, 4) is 34.5 Å². The Morgan fingerprint density at radius 2 is 1.78 bits per heavy atom. The molecule has 0 spiro atoms. The molecular weight excluding hydrogens is 466 g/mol. The molecule has 3 aromatic heterocycles. The van der Waals surface area contributed by atoms with Crippen molar-refractivity contribution in [2.45, 2.75) is 5.92 Å². The summed E-state index contributed by atoms with van der Waals surface area (Å²) in [5.74, 6) is 2.89. The number of nitrogens with zero attached hydrogens (tertiary/aromatic N) is 5. The van der Waals surface area contributed by atoms with Crippen molar-refractivity contribution in [2.75, 3.05) is 14.2 Å². The monoisotopic (exact) mass is 487 g/mol. The van der Waals surface area contributed by atoms with Crippen molar-refractivity contribution in [3.05, 3.63) is 102 Å². The van der Waals surface area contributed by atoms with Gasteiger partial charge in [-0.05, 0) is 46.7 Å². The third-order valence-corrected chi connectivity index (χ3v) is 6.76. The Morgan fingerprint density at radius 3 is 2.62 bits per heavy atom. The molecule has 6 aromatic rings. The first kappa shape index (κ1) is 21.3. The van der Waals surface area contributed by atoms with Gasteiger partial charge in [0.05, 0.1) is 19.8 Å². The van der Waals surface area contributed by atoms with Crippen molar-refractivity contribution in [3.63, 3.8) is 0 Å². The lowest BCUT2D eigenvalue weighted by molar-refractivity contribution is 0.354. The lowest BCUT2D eigenvalue weighted by atomic mass is 9.81. The van der Waals surface area contributed by atoms with Crippen LogP contribution < -0.4 is 14.2 Å². The Bertz CT molecular complexity index is 1800. The molecule has 8 heteroatoms. The lowest BCUT2D eigenvalue weighted by Gasteiger charge is -2.29. The normalized spacial score (nSPS) is 14.2. The Balaban J connectivity index is 1.54. The molecule has 1 atom stereocenters. The summed E-state index contributed by atoms with van der Waals surface area (Å²) in [6.45, 7) is 0. The summed E-state index contributed by atoms with van der Waals surface area (Å²) in [6, 6.07) is 22.2. The number of hydrogen-bond donors (Lipinski definition) is 0. The van der Waals surface area contributed by atoms with Gasteiger partial charge in [-0.3, -0.25) is 4.98 Å². The van der Waals surface area contributed by atoms with E-state index in [1.54, 1.807) is 37.5 Å². The molecule has 0 fully saturated rings. The molecule has 0 saturated heterocycles. The van der Waals surface area contributed by atoms with Crippen molar-refractivity contribution in [1.29, 1.82) is 0 Å². The number of benzene rings is 3. The topological polar surface area (TPSA) is 83.7 Å². The standard InChI is InChI=1S/C29H21N5O3/c1-35-21-11-10-18(14-23(21)36-2)24-25-20-8-4-3-6-17(20)9-12-22(25)37-29-26(24)28-32-27(33-34(28)16-31-29)19-7-5-13-30-15-19/h3-16,24H,1-2H3/t24-/m0/s1. The molecular formula is C29H21N5O3. The van der Waals surface area contributed by atoms with Gasteiger partial charge in [0.1, 0.15) is 12.1 Å². The van der Waals surface area contributed by atoms with E-state index in [-0.39, 0.29) is 5.92 Å². The van der Waals surface area contributed by atoms with E-state index >= 15 is 0 Å². The molecule has 0 bridgehead atoms. The molecule has 7 rings (SSSR count). The predicted octanol–water partition coefficient (Wildman–Crippen LogP) is 5.64. The summed E-state index contributed by atoms with van der Waals surface area (Å²) < 4.78 is 19.3. The highest BCUT2D eigenvalue weighted by atomic mass is 16.5. The molecule has 0 N–H and O–H groups in total. The Labute approximate surface area is 212 Å². The quantitative estimate of drug-likeness (QED) is 0.318. The Morgan fingerprint density at radius 1 is 0.892 bits per heavy atom. The van der Waals surface area contributed by atoms with Crippen LogP contribution in [0.1, 0.15) is 22.6 Å². The molecule has 37 heavy (non-hydrogen) atoms. The second-order valence-electron chi connectivity index (χ2n) is 8.76. The first-order chi connectivity index (χ1) is 18.2. The Kier molecular flexibility index (Phi) is 4.78. The average Bonchev–Trinajstić information content (AvgIpc) is 3.41. The van der Waals surface area contributed by atoms with Gasteiger partial charge in [-0.1, -0.05) is 36.4 Å². The first-order valence-corrected chi connectivity index (χ1v) is 11.8. The van der Waals surface area contributed by atoms with Crippen LogP contribution in [0, 0.1) is 0 Å². The fraction of sp³-hybridized carbons (Fsp3) is 0.103. The van der Waals surface area contributed by atoms with Gasteiger partial charge in [-0.2, -0.15) is 0 Å². The number of fused-ring (bicyclic) bond motifs is 6. The zero-order valence-corrected chi connectivity index (χ0v) is 20.1. The van der Waals surface area contributed by atoms with Gasteiger partial charge in [0.25, 0.3) is 0 Å². The van der Waals surface area contributed by atoms with Gasteiger partial charge < -0.3 is 14.2 Å². The Hall–Kier alpha value is -4.98. The molecule has 8 nitrogen and oxygen atoms in total. The molecule has 1 aliphatic rings. The number of rotatable bonds is 4. The third-order valence-electron chi connectivity index (χ3n) is 6.76. The molecule has 0 amide bonds. The summed E-state index contributed by atoms with van der Waals surface area (Å²) in [5, 5.41) is 6.92. The van der Waals surface area contributed by atoms with E-state index in [0.29, 0.717) is 28.9 Å².